The van der Waals surface area contributed by atoms with Crippen molar-refractivity contribution < 1.29 is 19.1 Å². The molecule has 50 heavy (non-hydrogen) atoms. The van der Waals surface area contributed by atoms with Crippen LogP contribution in [0.25, 0.3) is 32.2 Å². The predicted molar refractivity (Wildman–Crippen MR) is 196 cm³/mol. The molecule has 0 aliphatic carbocycles. The molecule has 6 aromatic rings. The van der Waals surface area contributed by atoms with Crippen LogP contribution in [-0.4, -0.2) is 46.1 Å². The Bertz CT molecular complexity index is 2260. The SMILES string of the molecule is COC(=O)c1ccnc(Cc2cc(CBr)c3ncc(Cl)cc3c2)c1.COC(=O)c1ccnc(Cc2cc(CN=[N+]=[N-])c3ncc(Cl)cc3c2)c1. The first-order valence-electron chi connectivity index (χ1n) is 15.0. The number of nitrogens with zero attached hydrogens (tertiary/aromatic N) is 7. The Morgan fingerprint density at radius 1 is 0.740 bits per heavy atom. The number of ether oxygens (including phenoxy) is 2. The van der Waals surface area contributed by atoms with E-state index in [1.165, 1.54) is 14.2 Å². The van der Waals surface area contributed by atoms with Gasteiger partial charge in [-0.1, -0.05) is 56.4 Å². The number of benzene rings is 2. The van der Waals surface area contributed by atoms with E-state index in [1.54, 1.807) is 49.1 Å². The molecule has 0 atom stereocenters. The van der Waals surface area contributed by atoms with E-state index < -0.39 is 5.97 Å². The van der Waals surface area contributed by atoms with Crippen LogP contribution in [0.2, 0.25) is 10.0 Å². The Balaban J connectivity index is 0.000000195. The van der Waals surface area contributed by atoms with Crippen LogP contribution in [-0.2, 0) is 34.2 Å². The molecule has 0 N–H and O–H groups in total. The van der Waals surface area contributed by atoms with Crippen molar-refractivity contribution in [1.29, 1.82) is 0 Å². The summed E-state index contributed by atoms with van der Waals surface area (Å²) in [4.78, 5) is 43.6. The number of hydrogen-bond acceptors (Lipinski definition) is 9. The van der Waals surface area contributed by atoms with E-state index in [2.05, 4.69) is 52.0 Å². The number of fused-ring (bicyclic) bond motifs is 2. The molecular weight excluding hydrogens is 745 g/mol. The van der Waals surface area contributed by atoms with Gasteiger partial charge >= 0.3 is 11.9 Å². The molecule has 4 heterocycles. The molecular formula is C36H28BrCl2N7O4. The zero-order chi connectivity index (χ0) is 35.6. The van der Waals surface area contributed by atoms with Crippen molar-refractivity contribution in [2.24, 2.45) is 5.11 Å². The van der Waals surface area contributed by atoms with Gasteiger partial charge in [0.05, 0.1) is 53.0 Å². The monoisotopic (exact) mass is 771 g/mol. The minimum absolute atomic E-state index is 0.186. The van der Waals surface area contributed by atoms with Gasteiger partial charge in [0, 0.05) is 70.0 Å². The topological polar surface area (TPSA) is 153 Å². The maximum absolute atomic E-state index is 11.7. The Morgan fingerprint density at radius 3 is 1.68 bits per heavy atom. The first-order valence-corrected chi connectivity index (χ1v) is 16.9. The maximum atomic E-state index is 11.7. The smallest absolute Gasteiger partial charge is 0.337 e. The van der Waals surface area contributed by atoms with Gasteiger partial charge in [0.2, 0.25) is 0 Å². The average molecular weight is 773 g/mol. The minimum atomic E-state index is -0.410. The molecule has 14 heteroatoms. The highest BCUT2D eigenvalue weighted by Crippen LogP contribution is 2.26. The number of pyridine rings is 4. The van der Waals surface area contributed by atoms with Crippen LogP contribution < -0.4 is 0 Å². The fourth-order valence-corrected chi connectivity index (χ4v) is 6.09. The highest BCUT2D eigenvalue weighted by Gasteiger charge is 2.12. The Kier molecular flexibility index (Phi) is 12.3. The molecule has 0 spiro atoms. The first kappa shape index (κ1) is 36.2. The summed E-state index contributed by atoms with van der Waals surface area (Å²) < 4.78 is 9.49. The molecule has 0 radical (unpaired) electrons. The van der Waals surface area contributed by atoms with E-state index in [4.69, 9.17) is 38.2 Å². The number of rotatable bonds is 9. The number of aromatic nitrogens is 4. The third-order valence-electron chi connectivity index (χ3n) is 7.47. The second kappa shape index (κ2) is 17.0. The van der Waals surface area contributed by atoms with E-state index in [9.17, 15) is 9.59 Å². The second-order valence-electron chi connectivity index (χ2n) is 10.9. The summed E-state index contributed by atoms with van der Waals surface area (Å²) in [6.07, 6.45) is 7.50. The van der Waals surface area contributed by atoms with Gasteiger partial charge in [-0.25, -0.2) is 9.59 Å². The number of halogens is 3. The number of esters is 2. The van der Waals surface area contributed by atoms with Crippen molar-refractivity contribution in [3.8, 4) is 0 Å². The highest BCUT2D eigenvalue weighted by molar-refractivity contribution is 9.08. The summed E-state index contributed by atoms with van der Waals surface area (Å²) in [6, 6.07) is 18.4. The summed E-state index contributed by atoms with van der Waals surface area (Å²) in [6.45, 7) is 0.186. The fraction of sp³-hybridized carbons (Fsp3) is 0.167. The quantitative estimate of drug-likeness (QED) is 0.0464. The van der Waals surface area contributed by atoms with Crippen molar-refractivity contribution in [3.05, 3.63) is 151 Å². The van der Waals surface area contributed by atoms with E-state index in [0.717, 1.165) is 55.4 Å². The van der Waals surface area contributed by atoms with Gasteiger partial charge < -0.3 is 9.47 Å². The highest BCUT2D eigenvalue weighted by atomic mass is 79.9. The summed E-state index contributed by atoms with van der Waals surface area (Å²) in [5.74, 6) is -0.776. The molecule has 0 amide bonds. The van der Waals surface area contributed by atoms with Gasteiger partial charge in [0.15, 0.2) is 0 Å². The van der Waals surface area contributed by atoms with Gasteiger partial charge in [0.25, 0.3) is 0 Å². The van der Waals surface area contributed by atoms with Crippen LogP contribution in [0.4, 0.5) is 0 Å². The normalized spacial score (nSPS) is 10.6. The van der Waals surface area contributed by atoms with Crippen molar-refractivity contribution in [1.82, 2.24) is 19.9 Å². The summed E-state index contributed by atoms with van der Waals surface area (Å²) >= 11 is 15.6. The van der Waals surface area contributed by atoms with Crippen molar-refractivity contribution in [3.63, 3.8) is 0 Å². The van der Waals surface area contributed by atoms with E-state index in [-0.39, 0.29) is 12.5 Å². The first-order chi connectivity index (χ1) is 24.2. The molecule has 0 saturated carbocycles. The van der Waals surface area contributed by atoms with Crippen LogP contribution in [0.15, 0.2) is 90.6 Å². The zero-order valence-corrected chi connectivity index (χ0v) is 29.9. The van der Waals surface area contributed by atoms with Gasteiger partial charge in [-0.05, 0) is 76.3 Å². The van der Waals surface area contributed by atoms with Crippen molar-refractivity contribution >= 4 is 72.9 Å². The lowest BCUT2D eigenvalue weighted by Gasteiger charge is -2.09. The summed E-state index contributed by atoms with van der Waals surface area (Å²) in [5.41, 5.74) is 16.6. The molecule has 0 aliphatic rings. The number of carbonyl (C=O) groups excluding carboxylic acids is 2. The Labute approximate surface area is 305 Å². The number of methoxy groups -OCH3 is 2. The molecule has 252 valence electrons. The van der Waals surface area contributed by atoms with E-state index in [0.29, 0.717) is 39.3 Å². The van der Waals surface area contributed by atoms with Crippen LogP contribution in [0.5, 0.6) is 0 Å². The predicted octanol–water partition coefficient (Wildman–Crippen LogP) is 9.03. The van der Waals surface area contributed by atoms with Crippen molar-refractivity contribution in [2.45, 2.75) is 24.7 Å². The number of alkyl halides is 1. The largest absolute Gasteiger partial charge is 0.465 e. The van der Waals surface area contributed by atoms with Gasteiger partial charge in [-0.2, -0.15) is 0 Å². The van der Waals surface area contributed by atoms with Crippen LogP contribution in [0, 0.1) is 0 Å². The van der Waals surface area contributed by atoms with Gasteiger partial charge in [-0.15, -0.1) is 0 Å². The van der Waals surface area contributed by atoms with E-state index >= 15 is 0 Å². The molecule has 2 aromatic carbocycles. The average Bonchev–Trinajstić information content (AvgIpc) is 3.12. The lowest BCUT2D eigenvalue weighted by atomic mass is 10.0. The molecule has 0 aliphatic heterocycles. The minimum Gasteiger partial charge on any atom is -0.465 e. The number of azide groups is 1. The van der Waals surface area contributed by atoms with Gasteiger partial charge in [-0.3, -0.25) is 19.9 Å². The zero-order valence-electron chi connectivity index (χ0n) is 26.8. The molecule has 0 bridgehead atoms. The standard InChI is InChI=1S/C18H14BrClN2O2.C18H14ClN5O2/c1-24-18(23)12-2-3-21-16(8-12)6-11-4-13-7-15(20)10-22-17(13)14(5-11)9-19;1-26-18(25)12-2-3-21-16(8-12)6-11-4-13-7-15(19)10-22-17(13)14(5-11)9-23-24-20/h2-5,7-8,10H,6,9H2,1H3;2-5,7-8,10H,6,9H2,1H3. The molecule has 4 aromatic heterocycles. The molecule has 11 nitrogen and oxygen atoms in total. The van der Waals surface area contributed by atoms with Crippen LogP contribution >= 0.6 is 39.1 Å². The Morgan fingerprint density at radius 2 is 1.22 bits per heavy atom. The van der Waals surface area contributed by atoms with E-state index in [1.807, 2.05) is 30.3 Å². The van der Waals surface area contributed by atoms with Crippen molar-refractivity contribution in [2.75, 3.05) is 14.2 Å². The Hall–Kier alpha value is -5.13. The third-order valence-corrected chi connectivity index (χ3v) is 8.49. The number of carbonyl (C=O) groups is 2. The fourth-order valence-electron chi connectivity index (χ4n) is 5.33. The van der Waals surface area contributed by atoms with Crippen LogP contribution in [0.3, 0.4) is 0 Å². The third kappa shape index (κ3) is 9.10. The van der Waals surface area contributed by atoms with Gasteiger partial charge in [0.1, 0.15) is 0 Å². The number of hydrogen-bond donors (Lipinski definition) is 0. The summed E-state index contributed by atoms with van der Waals surface area (Å²) in [7, 11) is 2.70. The lowest BCUT2D eigenvalue weighted by molar-refractivity contribution is 0.0591. The molecule has 0 fully saturated rings. The summed E-state index contributed by atoms with van der Waals surface area (Å²) in [5, 5.41) is 7.30. The molecule has 6 rings (SSSR count). The maximum Gasteiger partial charge on any atom is 0.337 e. The second-order valence-corrected chi connectivity index (χ2v) is 12.3. The lowest BCUT2D eigenvalue weighted by Crippen LogP contribution is -2.03. The van der Waals surface area contributed by atoms with Crippen LogP contribution in [0.1, 0.15) is 54.4 Å². The molecule has 0 unspecified atom stereocenters. The molecule has 0 saturated heterocycles.